The zero-order valence-corrected chi connectivity index (χ0v) is 9.54. The number of hydrogen-bond donors (Lipinski definition) is 2. The average Bonchev–Trinajstić information content (AvgIpc) is 2.81. The van der Waals surface area contributed by atoms with Gasteiger partial charge in [-0.05, 0) is 25.7 Å². The number of carboxylic acids is 1. The minimum absolute atomic E-state index is 0.00750. The van der Waals surface area contributed by atoms with Crippen LogP contribution in [0.15, 0.2) is 0 Å². The van der Waals surface area contributed by atoms with Crippen LogP contribution in [0, 0.1) is 11.8 Å². The van der Waals surface area contributed by atoms with Crippen LogP contribution in [-0.2, 0) is 9.59 Å². The molecule has 0 aromatic heterocycles. The Balaban J connectivity index is 2.51. The summed E-state index contributed by atoms with van der Waals surface area (Å²) in [7, 11) is 0. The van der Waals surface area contributed by atoms with Crippen LogP contribution in [-0.4, -0.2) is 22.5 Å². The summed E-state index contributed by atoms with van der Waals surface area (Å²) in [5, 5.41) is 11.6. The van der Waals surface area contributed by atoms with Crippen molar-refractivity contribution in [3.63, 3.8) is 0 Å². The van der Waals surface area contributed by atoms with E-state index in [4.69, 9.17) is 5.11 Å². The van der Waals surface area contributed by atoms with Gasteiger partial charge in [-0.15, -0.1) is 0 Å². The Hall–Kier alpha value is -1.06. The lowest BCUT2D eigenvalue weighted by Gasteiger charge is -2.28. The van der Waals surface area contributed by atoms with E-state index in [2.05, 4.69) is 5.32 Å². The van der Waals surface area contributed by atoms with Gasteiger partial charge in [-0.3, -0.25) is 9.59 Å². The van der Waals surface area contributed by atoms with E-state index in [0.29, 0.717) is 12.3 Å². The van der Waals surface area contributed by atoms with Crippen LogP contribution in [0.1, 0.15) is 40.0 Å². The van der Waals surface area contributed by atoms with Gasteiger partial charge in [0.1, 0.15) is 0 Å². The Bertz CT molecular complexity index is 277. The van der Waals surface area contributed by atoms with Gasteiger partial charge < -0.3 is 10.4 Å². The molecule has 1 rings (SSSR count). The van der Waals surface area contributed by atoms with Gasteiger partial charge in [0.05, 0.1) is 6.42 Å². The summed E-state index contributed by atoms with van der Waals surface area (Å²) in [6.45, 7) is 5.70. The fraction of sp³-hybridized carbons (Fsp3) is 0.818. The van der Waals surface area contributed by atoms with Crippen LogP contribution in [0.25, 0.3) is 0 Å². The molecular formula is C11H19NO3. The van der Waals surface area contributed by atoms with Crippen molar-refractivity contribution >= 4 is 11.9 Å². The molecule has 0 aliphatic heterocycles. The molecule has 0 radical (unpaired) electrons. The second-order valence-corrected chi connectivity index (χ2v) is 4.79. The fourth-order valence-electron chi connectivity index (χ4n) is 1.67. The molecule has 1 aliphatic rings. The van der Waals surface area contributed by atoms with Gasteiger partial charge in [-0.25, -0.2) is 0 Å². The first kappa shape index (κ1) is 12.0. The molecule has 4 heteroatoms. The molecule has 3 atom stereocenters. The maximum atomic E-state index is 11.7. The Labute approximate surface area is 90.0 Å². The fourth-order valence-corrected chi connectivity index (χ4v) is 1.67. The van der Waals surface area contributed by atoms with E-state index in [-0.39, 0.29) is 18.2 Å². The van der Waals surface area contributed by atoms with Crippen molar-refractivity contribution in [2.45, 2.75) is 45.6 Å². The van der Waals surface area contributed by atoms with Crippen molar-refractivity contribution in [1.29, 1.82) is 0 Å². The van der Waals surface area contributed by atoms with E-state index in [0.717, 1.165) is 6.42 Å². The zero-order chi connectivity index (χ0) is 11.6. The molecule has 1 saturated carbocycles. The summed E-state index contributed by atoms with van der Waals surface area (Å²) in [5.74, 6) is -0.308. The molecule has 0 saturated heterocycles. The normalized spacial score (nSPS) is 27.9. The Kier molecular flexibility index (Phi) is 3.37. The third-order valence-electron chi connectivity index (χ3n) is 3.19. The molecule has 2 N–H and O–H groups in total. The summed E-state index contributed by atoms with van der Waals surface area (Å²) in [5.41, 5.74) is -0.606. The van der Waals surface area contributed by atoms with Crippen LogP contribution in [0.5, 0.6) is 0 Å². The standard InChI is InChI=1S/C11H19NO3/c1-4-11(3,6-9(13)14)12-10(15)8-5-7(8)2/h7-8H,4-6H2,1-3H3,(H,12,15)(H,13,14)/t7-,8-,11-/m1/s1. The van der Waals surface area contributed by atoms with Crippen LogP contribution in [0.2, 0.25) is 0 Å². The second kappa shape index (κ2) is 4.21. The molecule has 0 heterocycles. The molecule has 86 valence electrons. The van der Waals surface area contributed by atoms with Crippen LogP contribution in [0.3, 0.4) is 0 Å². The molecular weight excluding hydrogens is 194 g/mol. The van der Waals surface area contributed by atoms with E-state index in [1.807, 2.05) is 13.8 Å². The number of amides is 1. The van der Waals surface area contributed by atoms with E-state index in [1.165, 1.54) is 0 Å². The van der Waals surface area contributed by atoms with Crippen molar-refractivity contribution in [3.8, 4) is 0 Å². The molecule has 1 amide bonds. The molecule has 15 heavy (non-hydrogen) atoms. The van der Waals surface area contributed by atoms with Crippen molar-refractivity contribution in [1.82, 2.24) is 5.32 Å². The van der Waals surface area contributed by atoms with E-state index >= 15 is 0 Å². The van der Waals surface area contributed by atoms with E-state index in [1.54, 1.807) is 6.92 Å². The topological polar surface area (TPSA) is 66.4 Å². The maximum absolute atomic E-state index is 11.7. The van der Waals surface area contributed by atoms with E-state index in [9.17, 15) is 9.59 Å². The monoisotopic (exact) mass is 213 g/mol. The Morgan fingerprint density at radius 1 is 1.53 bits per heavy atom. The average molecular weight is 213 g/mol. The zero-order valence-electron chi connectivity index (χ0n) is 9.54. The molecule has 0 aromatic rings. The van der Waals surface area contributed by atoms with Crippen LogP contribution < -0.4 is 5.32 Å². The van der Waals surface area contributed by atoms with Gasteiger partial charge >= 0.3 is 5.97 Å². The van der Waals surface area contributed by atoms with Gasteiger partial charge in [-0.2, -0.15) is 0 Å². The van der Waals surface area contributed by atoms with Crippen molar-refractivity contribution < 1.29 is 14.7 Å². The summed E-state index contributed by atoms with van der Waals surface area (Å²) in [6, 6.07) is 0. The van der Waals surface area contributed by atoms with Crippen LogP contribution in [0.4, 0.5) is 0 Å². The quantitative estimate of drug-likeness (QED) is 0.725. The van der Waals surface area contributed by atoms with Crippen molar-refractivity contribution in [2.24, 2.45) is 11.8 Å². The molecule has 0 aromatic carbocycles. The number of carbonyl (C=O) groups is 2. The van der Waals surface area contributed by atoms with Gasteiger partial charge in [0.25, 0.3) is 0 Å². The van der Waals surface area contributed by atoms with Crippen molar-refractivity contribution in [2.75, 3.05) is 0 Å². The van der Waals surface area contributed by atoms with Crippen LogP contribution >= 0.6 is 0 Å². The highest BCUT2D eigenvalue weighted by Crippen LogP contribution is 2.38. The summed E-state index contributed by atoms with van der Waals surface area (Å²) in [4.78, 5) is 22.3. The highest BCUT2D eigenvalue weighted by molar-refractivity contribution is 5.82. The second-order valence-electron chi connectivity index (χ2n) is 4.79. The lowest BCUT2D eigenvalue weighted by molar-refractivity contribution is -0.139. The third kappa shape index (κ3) is 3.22. The highest BCUT2D eigenvalue weighted by Gasteiger charge is 2.41. The number of hydrogen-bond acceptors (Lipinski definition) is 2. The minimum atomic E-state index is -0.872. The number of aliphatic carboxylic acids is 1. The van der Waals surface area contributed by atoms with Gasteiger partial charge in [0, 0.05) is 11.5 Å². The lowest BCUT2D eigenvalue weighted by Crippen LogP contribution is -2.47. The number of nitrogens with one attached hydrogen (secondary N) is 1. The first-order chi connectivity index (χ1) is 6.88. The number of carboxylic acid groups (broad SMARTS) is 1. The van der Waals surface area contributed by atoms with E-state index < -0.39 is 11.5 Å². The third-order valence-corrected chi connectivity index (χ3v) is 3.19. The highest BCUT2D eigenvalue weighted by atomic mass is 16.4. The minimum Gasteiger partial charge on any atom is -0.481 e. The first-order valence-corrected chi connectivity index (χ1v) is 5.42. The maximum Gasteiger partial charge on any atom is 0.305 e. The Morgan fingerprint density at radius 3 is 2.40 bits per heavy atom. The van der Waals surface area contributed by atoms with Crippen molar-refractivity contribution in [3.05, 3.63) is 0 Å². The number of carbonyl (C=O) groups excluding carboxylic acids is 1. The number of rotatable bonds is 5. The molecule has 1 fully saturated rings. The van der Waals surface area contributed by atoms with Gasteiger partial charge in [-0.1, -0.05) is 13.8 Å². The smallest absolute Gasteiger partial charge is 0.305 e. The Morgan fingerprint density at radius 2 is 2.07 bits per heavy atom. The summed E-state index contributed by atoms with van der Waals surface area (Å²) in [6.07, 6.45) is 1.54. The SMILES string of the molecule is CC[C@](C)(CC(=O)O)NC(=O)[C@@H]1C[C@H]1C. The summed E-state index contributed by atoms with van der Waals surface area (Å²) < 4.78 is 0. The predicted octanol–water partition coefficient (Wildman–Crippen LogP) is 1.40. The largest absolute Gasteiger partial charge is 0.481 e. The molecule has 0 unspecified atom stereocenters. The lowest BCUT2D eigenvalue weighted by atomic mass is 9.94. The first-order valence-electron chi connectivity index (χ1n) is 5.42. The predicted molar refractivity (Wildman–Crippen MR) is 56.4 cm³/mol. The summed E-state index contributed by atoms with van der Waals surface area (Å²) >= 11 is 0. The van der Waals surface area contributed by atoms with Gasteiger partial charge in [0.2, 0.25) is 5.91 Å². The van der Waals surface area contributed by atoms with Gasteiger partial charge in [0.15, 0.2) is 0 Å². The molecule has 4 nitrogen and oxygen atoms in total. The molecule has 1 aliphatic carbocycles. The molecule has 0 spiro atoms. The molecule has 0 bridgehead atoms.